The van der Waals surface area contributed by atoms with Gasteiger partial charge in [-0.3, -0.25) is 0 Å². The van der Waals surface area contributed by atoms with Gasteiger partial charge in [0.2, 0.25) is 0 Å². The summed E-state index contributed by atoms with van der Waals surface area (Å²) >= 11 is 5.82. The van der Waals surface area contributed by atoms with Gasteiger partial charge in [-0.25, -0.2) is 0 Å². The summed E-state index contributed by atoms with van der Waals surface area (Å²) in [5.74, 6) is 0.527. The second-order valence-electron chi connectivity index (χ2n) is 4.37. The Hall–Kier alpha value is -0.570. The number of hydrogen-bond donors (Lipinski definition) is 2. The molecule has 16 heavy (non-hydrogen) atoms. The lowest BCUT2D eigenvalue weighted by Crippen LogP contribution is -2.34. The maximum Gasteiger partial charge on any atom is 0.0445 e. The number of halogens is 1. The van der Waals surface area contributed by atoms with Crippen molar-refractivity contribution in [2.45, 2.75) is 32.9 Å². The lowest BCUT2D eigenvalue weighted by molar-refractivity contribution is 0.244. The first-order chi connectivity index (χ1) is 7.63. The number of aliphatic hydroxyl groups is 1. The molecule has 0 radical (unpaired) electrons. The molecule has 0 bridgehead atoms. The molecular weight excluding hydrogens is 222 g/mol. The Morgan fingerprint density at radius 2 is 1.88 bits per heavy atom. The standard InChI is InChI=1S/C13H20ClNO/c1-10(2)13(7-8-16)15-9-11-3-5-12(14)6-4-11/h3-6,10,13,15-16H,7-9H2,1-2H3. The van der Waals surface area contributed by atoms with E-state index in [0.717, 1.165) is 18.0 Å². The minimum atomic E-state index is 0.233. The quantitative estimate of drug-likeness (QED) is 0.803. The molecule has 0 amide bonds. The van der Waals surface area contributed by atoms with Crippen LogP contribution < -0.4 is 5.32 Å². The third-order valence-corrected chi connectivity index (χ3v) is 2.98. The molecule has 3 heteroatoms. The van der Waals surface area contributed by atoms with Crippen LogP contribution in [0.5, 0.6) is 0 Å². The van der Waals surface area contributed by atoms with Gasteiger partial charge >= 0.3 is 0 Å². The van der Waals surface area contributed by atoms with Crippen LogP contribution in [0.15, 0.2) is 24.3 Å². The number of rotatable bonds is 6. The van der Waals surface area contributed by atoms with Gasteiger partial charge in [0.25, 0.3) is 0 Å². The molecule has 0 aliphatic rings. The van der Waals surface area contributed by atoms with Crippen LogP contribution in [0.25, 0.3) is 0 Å². The van der Waals surface area contributed by atoms with Gasteiger partial charge in [0.15, 0.2) is 0 Å². The SMILES string of the molecule is CC(C)C(CCO)NCc1ccc(Cl)cc1. The van der Waals surface area contributed by atoms with Crippen molar-refractivity contribution < 1.29 is 5.11 Å². The van der Waals surface area contributed by atoms with E-state index in [1.807, 2.05) is 24.3 Å². The first-order valence-corrected chi connectivity index (χ1v) is 6.10. The highest BCUT2D eigenvalue weighted by molar-refractivity contribution is 6.30. The molecule has 1 aromatic carbocycles. The predicted octanol–water partition coefficient (Wildman–Crippen LogP) is 2.84. The molecule has 0 spiro atoms. The van der Waals surface area contributed by atoms with Gasteiger partial charge in [-0.2, -0.15) is 0 Å². The third-order valence-electron chi connectivity index (χ3n) is 2.73. The molecule has 0 saturated carbocycles. The highest BCUT2D eigenvalue weighted by atomic mass is 35.5. The van der Waals surface area contributed by atoms with Crippen LogP contribution in [0.3, 0.4) is 0 Å². The number of aliphatic hydroxyl groups excluding tert-OH is 1. The van der Waals surface area contributed by atoms with E-state index < -0.39 is 0 Å². The van der Waals surface area contributed by atoms with Crippen LogP contribution in [0, 0.1) is 5.92 Å². The molecule has 2 N–H and O–H groups in total. The predicted molar refractivity (Wildman–Crippen MR) is 68.6 cm³/mol. The van der Waals surface area contributed by atoms with Crippen LogP contribution in [0.4, 0.5) is 0 Å². The summed E-state index contributed by atoms with van der Waals surface area (Å²) in [5.41, 5.74) is 1.22. The van der Waals surface area contributed by atoms with Gasteiger partial charge in [-0.1, -0.05) is 37.6 Å². The van der Waals surface area contributed by atoms with E-state index >= 15 is 0 Å². The van der Waals surface area contributed by atoms with E-state index in [2.05, 4.69) is 19.2 Å². The second kappa shape index (κ2) is 6.89. The average Bonchev–Trinajstić information content (AvgIpc) is 2.26. The molecule has 1 rings (SSSR count). The van der Waals surface area contributed by atoms with E-state index in [1.54, 1.807) is 0 Å². The molecule has 1 aromatic rings. The zero-order valence-electron chi connectivity index (χ0n) is 9.91. The first-order valence-electron chi connectivity index (χ1n) is 5.72. The van der Waals surface area contributed by atoms with E-state index in [9.17, 15) is 0 Å². The molecule has 0 aliphatic carbocycles. The van der Waals surface area contributed by atoms with Crippen molar-refractivity contribution in [1.82, 2.24) is 5.32 Å². The Morgan fingerprint density at radius 1 is 1.25 bits per heavy atom. The molecule has 90 valence electrons. The largest absolute Gasteiger partial charge is 0.396 e. The van der Waals surface area contributed by atoms with E-state index in [-0.39, 0.29) is 6.61 Å². The van der Waals surface area contributed by atoms with Crippen molar-refractivity contribution in [3.63, 3.8) is 0 Å². The van der Waals surface area contributed by atoms with Gasteiger partial charge < -0.3 is 10.4 Å². The van der Waals surface area contributed by atoms with Crippen LogP contribution in [-0.4, -0.2) is 17.8 Å². The highest BCUT2D eigenvalue weighted by Gasteiger charge is 2.11. The molecular formula is C13H20ClNO. The smallest absolute Gasteiger partial charge is 0.0445 e. The summed E-state index contributed by atoms with van der Waals surface area (Å²) in [7, 11) is 0. The Labute approximate surface area is 103 Å². The van der Waals surface area contributed by atoms with Crippen LogP contribution in [0.2, 0.25) is 5.02 Å². The third kappa shape index (κ3) is 4.52. The monoisotopic (exact) mass is 241 g/mol. The summed E-state index contributed by atoms with van der Waals surface area (Å²) in [6.07, 6.45) is 0.797. The molecule has 0 aromatic heterocycles. The highest BCUT2D eigenvalue weighted by Crippen LogP contribution is 2.11. The van der Waals surface area contributed by atoms with Crippen molar-refractivity contribution in [2.24, 2.45) is 5.92 Å². The van der Waals surface area contributed by atoms with Crippen LogP contribution in [0.1, 0.15) is 25.8 Å². The fourth-order valence-corrected chi connectivity index (χ4v) is 1.79. The lowest BCUT2D eigenvalue weighted by Gasteiger charge is -2.21. The van der Waals surface area contributed by atoms with Crippen molar-refractivity contribution in [3.05, 3.63) is 34.9 Å². The zero-order chi connectivity index (χ0) is 12.0. The van der Waals surface area contributed by atoms with E-state index in [4.69, 9.17) is 16.7 Å². The minimum Gasteiger partial charge on any atom is -0.396 e. The Bertz CT molecular complexity index is 297. The Kier molecular flexibility index (Phi) is 5.81. The van der Waals surface area contributed by atoms with Gasteiger partial charge in [-0.15, -0.1) is 0 Å². The van der Waals surface area contributed by atoms with Crippen molar-refractivity contribution >= 4 is 11.6 Å². The molecule has 2 nitrogen and oxygen atoms in total. The zero-order valence-corrected chi connectivity index (χ0v) is 10.7. The molecule has 0 fully saturated rings. The fourth-order valence-electron chi connectivity index (χ4n) is 1.66. The van der Waals surface area contributed by atoms with Gasteiger partial charge in [0.1, 0.15) is 0 Å². The molecule has 1 atom stereocenters. The number of benzene rings is 1. The molecule has 0 heterocycles. The normalized spacial score (nSPS) is 13.1. The van der Waals surface area contributed by atoms with Crippen LogP contribution in [-0.2, 0) is 6.54 Å². The minimum absolute atomic E-state index is 0.233. The summed E-state index contributed by atoms with van der Waals surface area (Å²) in [5, 5.41) is 13.2. The van der Waals surface area contributed by atoms with Crippen molar-refractivity contribution in [2.75, 3.05) is 6.61 Å². The summed E-state index contributed by atoms with van der Waals surface area (Å²) < 4.78 is 0. The van der Waals surface area contributed by atoms with Gasteiger partial charge in [-0.05, 0) is 30.0 Å². The van der Waals surface area contributed by atoms with Gasteiger partial charge in [0.05, 0.1) is 0 Å². The van der Waals surface area contributed by atoms with Crippen molar-refractivity contribution in [3.8, 4) is 0 Å². The maximum atomic E-state index is 8.96. The average molecular weight is 242 g/mol. The van der Waals surface area contributed by atoms with Gasteiger partial charge in [0, 0.05) is 24.2 Å². The topological polar surface area (TPSA) is 32.3 Å². The first kappa shape index (κ1) is 13.5. The number of hydrogen-bond acceptors (Lipinski definition) is 2. The summed E-state index contributed by atoms with van der Waals surface area (Å²) in [6.45, 7) is 5.38. The molecule has 1 unspecified atom stereocenters. The Balaban J connectivity index is 2.45. The second-order valence-corrected chi connectivity index (χ2v) is 4.81. The lowest BCUT2D eigenvalue weighted by atomic mass is 10.0. The maximum absolute atomic E-state index is 8.96. The van der Waals surface area contributed by atoms with Crippen LogP contribution >= 0.6 is 11.6 Å². The molecule has 0 saturated heterocycles. The summed E-state index contributed by atoms with van der Waals surface area (Å²) in [4.78, 5) is 0. The fraction of sp³-hybridized carbons (Fsp3) is 0.538. The number of nitrogens with one attached hydrogen (secondary N) is 1. The Morgan fingerprint density at radius 3 is 2.38 bits per heavy atom. The van der Waals surface area contributed by atoms with E-state index in [0.29, 0.717) is 12.0 Å². The molecule has 0 aliphatic heterocycles. The summed E-state index contributed by atoms with van der Waals surface area (Å²) in [6, 6.07) is 8.20. The van der Waals surface area contributed by atoms with Crippen molar-refractivity contribution in [1.29, 1.82) is 0 Å². The van der Waals surface area contributed by atoms with E-state index in [1.165, 1.54) is 5.56 Å².